The van der Waals surface area contributed by atoms with Crippen molar-refractivity contribution >= 4 is 5.91 Å². The normalized spacial score (nSPS) is 13.2. The Bertz CT molecular complexity index is 354. The van der Waals surface area contributed by atoms with Gasteiger partial charge in [0.15, 0.2) is 0 Å². The molecule has 0 aliphatic rings. The van der Waals surface area contributed by atoms with Crippen LogP contribution in [-0.2, 0) is 4.79 Å². The number of amides is 1. The molecule has 0 aliphatic carbocycles. The Hall–Kier alpha value is -1.35. The second-order valence-electron chi connectivity index (χ2n) is 5.50. The van der Waals surface area contributed by atoms with E-state index < -0.39 is 0 Å². The van der Waals surface area contributed by atoms with E-state index in [1.165, 1.54) is 0 Å². The summed E-state index contributed by atoms with van der Waals surface area (Å²) in [5, 5.41) is 2.98. The first-order valence-corrected chi connectivity index (χ1v) is 5.97. The van der Waals surface area contributed by atoms with Crippen molar-refractivity contribution in [1.29, 1.82) is 0 Å². The summed E-state index contributed by atoms with van der Waals surface area (Å²) < 4.78 is 0. The number of hydrogen-bond acceptors (Lipinski definition) is 2. The highest BCUT2D eigenvalue weighted by Gasteiger charge is 2.21. The van der Waals surface area contributed by atoms with Crippen molar-refractivity contribution in [3.8, 4) is 0 Å². The molecule has 1 rings (SSSR count). The van der Waals surface area contributed by atoms with Crippen LogP contribution in [0, 0.1) is 5.41 Å². The molecule has 0 heterocycles. The summed E-state index contributed by atoms with van der Waals surface area (Å²) in [7, 11) is 0. The maximum atomic E-state index is 11.4. The van der Waals surface area contributed by atoms with Gasteiger partial charge in [-0.05, 0) is 17.4 Å². The summed E-state index contributed by atoms with van der Waals surface area (Å²) in [6.07, 6.45) is 0.892. The van der Waals surface area contributed by atoms with E-state index in [0.29, 0.717) is 0 Å². The minimum Gasteiger partial charge on any atom is -0.348 e. The quantitative estimate of drug-likeness (QED) is 0.839. The third-order valence-corrected chi connectivity index (χ3v) is 2.54. The van der Waals surface area contributed by atoms with E-state index in [1.54, 1.807) is 0 Å². The fourth-order valence-electron chi connectivity index (χ4n) is 1.80. The number of nitrogens with two attached hydrogens (primary N) is 1. The molecule has 3 N–H and O–H groups in total. The Kier molecular flexibility index (Phi) is 4.70. The van der Waals surface area contributed by atoms with E-state index in [0.717, 1.165) is 12.0 Å². The Morgan fingerprint density at radius 1 is 1.29 bits per heavy atom. The Balaban J connectivity index is 2.83. The van der Waals surface area contributed by atoms with Crippen molar-refractivity contribution < 1.29 is 4.79 Å². The zero-order valence-electron chi connectivity index (χ0n) is 10.9. The molecular formula is C14H22N2O. The number of rotatable bonds is 4. The molecule has 0 fully saturated rings. The molecule has 1 atom stereocenters. The number of nitrogens with one attached hydrogen (secondary N) is 1. The van der Waals surface area contributed by atoms with Crippen LogP contribution in [0.5, 0.6) is 0 Å². The van der Waals surface area contributed by atoms with E-state index >= 15 is 0 Å². The van der Waals surface area contributed by atoms with Crippen LogP contribution in [-0.4, -0.2) is 12.5 Å². The van der Waals surface area contributed by atoms with Gasteiger partial charge in [-0.2, -0.15) is 0 Å². The molecule has 94 valence electrons. The van der Waals surface area contributed by atoms with Gasteiger partial charge in [-0.15, -0.1) is 0 Å². The molecule has 17 heavy (non-hydrogen) atoms. The second-order valence-corrected chi connectivity index (χ2v) is 5.50. The minimum atomic E-state index is -0.108. The number of carbonyl (C=O) groups is 1. The van der Waals surface area contributed by atoms with Crippen LogP contribution in [0.25, 0.3) is 0 Å². The Morgan fingerprint density at radius 3 is 2.35 bits per heavy atom. The van der Waals surface area contributed by atoms with Gasteiger partial charge in [-0.1, -0.05) is 51.1 Å². The zero-order valence-corrected chi connectivity index (χ0v) is 10.9. The van der Waals surface area contributed by atoms with Crippen molar-refractivity contribution in [3.05, 3.63) is 35.9 Å². The molecule has 0 radical (unpaired) electrons. The molecule has 3 heteroatoms. The van der Waals surface area contributed by atoms with Crippen LogP contribution < -0.4 is 11.1 Å². The van der Waals surface area contributed by atoms with Gasteiger partial charge >= 0.3 is 0 Å². The van der Waals surface area contributed by atoms with Gasteiger partial charge in [-0.25, -0.2) is 0 Å². The smallest absolute Gasteiger partial charge is 0.234 e. The maximum absolute atomic E-state index is 11.4. The van der Waals surface area contributed by atoms with Crippen LogP contribution in [0.4, 0.5) is 0 Å². The topological polar surface area (TPSA) is 55.1 Å². The largest absolute Gasteiger partial charge is 0.348 e. The molecule has 0 saturated carbocycles. The first kappa shape index (κ1) is 13.7. The molecule has 1 amide bonds. The predicted octanol–water partition coefficient (Wildman–Crippen LogP) is 2.24. The van der Waals surface area contributed by atoms with Crippen LogP contribution in [0.3, 0.4) is 0 Å². The van der Waals surface area contributed by atoms with Crippen LogP contribution in [0.15, 0.2) is 30.3 Å². The Morgan fingerprint density at radius 2 is 1.88 bits per heavy atom. The van der Waals surface area contributed by atoms with Gasteiger partial charge in [0.2, 0.25) is 5.91 Å². The third-order valence-electron chi connectivity index (χ3n) is 2.54. The first-order chi connectivity index (χ1) is 7.92. The number of hydrogen-bond donors (Lipinski definition) is 2. The average molecular weight is 234 g/mol. The fraction of sp³-hybridized carbons (Fsp3) is 0.500. The lowest BCUT2D eigenvalue weighted by Crippen LogP contribution is -2.35. The first-order valence-electron chi connectivity index (χ1n) is 5.97. The molecule has 0 spiro atoms. The molecule has 0 aliphatic heterocycles. The van der Waals surface area contributed by atoms with E-state index in [9.17, 15) is 4.79 Å². The molecule has 1 aromatic rings. The Labute approximate surface area is 103 Å². The summed E-state index contributed by atoms with van der Waals surface area (Å²) in [5.74, 6) is -0.108. The summed E-state index contributed by atoms with van der Waals surface area (Å²) in [6.45, 7) is 6.53. The second kappa shape index (κ2) is 5.82. The fourth-order valence-corrected chi connectivity index (χ4v) is 1.80. The average Bonchev–Trinajstić information content (AvgIpc) is 2.27. The van der Waals surface area contributed by atoms with Crippen LogP contribution in [0.2, 0.25) is 0 Å². The summed E-state index contributed by atoms with van der Waals surface area (Å²) in [5.41, 5.74) is 6.63. The molecule has 0 aromatic heterocycles. The lowest BCUT2D eigenvalue weighted by Gasteiger charge is -2.27. The van der Waals surface area contributed by atoms with Gasteiger partial charge in [0, 0.05) is 0 Å². The minimum absolute atomic E-state index is 0.0345. The lowest BCUT2D eigenvalue weighted by molar-refractivity contribution is -0.120. The van der Waals surface area contributed by atoms with Crippen LogP contribution >= 0.6 is 0 Å². The highest BCUT2D eigenvalue weighted by Crippen LogP contribution is 2.29. The number of benzene rings is 1. The van der Waals surface area contributed by atoms with Crippen molar-refractivity contribution in [3.63, 3.8) is 0 Å². The third kappa shape index (κ3) is 5.00. The van der Waals surface area contributed by atoms with Crippen molar-refractivity contribution in [2.24, 2.45) is 11.1 Å². The molecule has 0 saturated heterocycles. The van der Waals surface area contributed by atoms with Gasteiger partial charge in [0.05, 0.1) is 12.6 Å². The van der Waals surface area contributed by atoms with Gasteiger partial charge in [0.25, 0.3) is 0 Å². The highest BCUT2D eigenvalue weighted by molar-refractivity contribution is 5.78. The summed E-state index contributed by atoms with van der Waals surface area (Å²) in [6, 6.07) is 10.1. The predicted molar refractivity (Wildman–Crippen MR) is 70.5 cm³/mol. The summed E-state index contributed by atoms with van der Waals surface area (Å²) >= 11 is 0. The van der Waals surface area contributed by atoms with Crippen molar-refractivity contribution in [2.75, 3.05) is 6.54 Å². The van der Waals surface area contributed by atoms with E-state index in [4.69, 9.17) is 5.73 Å². The van der Waals surface area contributed by atoms with Crippen molar-refractivity contribution in [1.82, 2.24) is 5.32 Å². The van der Waals surface area contributed by atoms with Crippen LogP contribution in [0.1, 0.15) is 38.8 Å². The lowest BCUT2D eigenvalue weighted by atomic mass is 9.85. The van der Waals surface area contributed by atoms with E-state index in [-0.39, 0.29) is 23.9 Å². The van der Waals surface area contributed by atoms with E-state index in [1.807, 2.05) is 30.3 Å². The SMILES string of the molecule is CC(C)(C)CC(NC(=O)CN)c1ccccc1. The molecule has 1 unspecified atom stereocenters. The molecular weight excluding hydrogens is 212 g/mol. The summed E-state index contributed by atoms with van der Waals surface area (Å²) in [4.78, 5) is 11.4. The monoisotopic (exact) mass is 234 g/mol. The maximum Gasteiger partial charge on any atom is 0.234 e. The zero-order chi connectivity index (χ0) is 12.9. The van der Waals surface area contributed by atoms with Gasteiger partial charge in [-0.3, -0.25) is 4.79 Å². The highest BCUT2D eigenvalue weighted by atomic mass is 16.1. The molecule has 1 aromatic carbocycles. The standard InChI is InChI=1S/C14H22N2O/c1-14(2,3)9-12(16-13(17)10-15)11-7-5-4-6-8-11/h4-8,12H,9-10,15H2,1-3H3,(H,16,17). The molecule has 0 bridgehead atoms. The van der Waals surface area contributed by atoms with Gasteiger partial charge in [0.1, 0.15) is 0 Å². The molecule has 3 nitrogen and oxygen atoms in total. The number of carbonyl (C=O) groups excluding carboxylic acids is 1. The van der Waals surface area contributed by atoms with Gasteiger partial charge < -0.3 is 11.1 Å². The van der Waals surface area contributed by atoms with E-state index in [2.05, 4.69) is 26.1 Å². The van der Waals surface area contributed by atoms with Crippen molar-refractivity contribution in [2.45, 2.75) is 33.2 Å².